The average molecular weight is 1410 g/mol. The van der Waals surface area contributed by atoms with Gasteiger partial charge in [0.2, 0.25) is 0 Å². The summed E-state index contributed by atoms with van der Waals surface area (Å²) in [5, 5.41) is 7.75. The maximum atomic E-state index is 10.1. The Labute approximate surface area is 654 Å². The molecule has 0 spiro atoms. The zero-order valence-electron chi connectivity index (χ0n) is 73.9. The third kappa shape index (κ3) is 9.99. The van der Waals surface area contributed by atoms with Gasteiger partial charge in [-0.05, 0) is 160 Å². The van der Waals surface area contributed by atoms with Gasteiger partial charge in [-0.15, -0.1) is 0 Å². The lowest BCUT2D eigenvalue weighted by atomic mass is 9.33. The zero-order chi connectivity index (χ0) is 84.3. The number of para-hydroxylation sites is 4. The third-order valence-electron chi connectivity index (χ3n) is 22.7. The molecule has 0 radical (unpaired) electrons. The summed E-state index contributed by atoms with van der Waals surface area (Å²) < 4.78 is 128. The highest BCUT2D eigenvalue weighted by Gasteiger charge is 2.47. The van der Waals surface area contributed by atoms with Crippen molar-refractivity contribution in [1.29, 1.82) is 0 Å². The van der Waals surface area contributed by atoms with Crippen molar-refractivity contribution in [3.8, 4) is 61.3 Å². The van der Waals surface area contributed by atoms with Gasteiger partial charge < -0.3 is 18.8 Å². The predicted molar refractivity (Wildman–Crippen MR) is 467 cm³/mol. The van der Waals surface area contributed by atoms with Crippen LogP contribution in [0.15, 0.2) is 358 Å². The Bertz CT molecular complexity index is 7600. The molecular weight excluding hydrogens is 1320 g/mol. The molecule has 0 aliphatic carbocycles. The molecule has 0 bridgehead atoms. The van der Waals surface area contributed by atoms with Gasteiger partial charge in [0.25, 0.3) is 6.71 Å². The molecule has 5 heteroatoms. The van der Waals surface area contributed by atoms with E-state index in [9.17, 15) is 16.4 Å². The number of hydrogen-bond acceptors (Lipinski definition) is 2. The van der Waals surface area contributed by atoms with Crippen molar-refractivity contribution >= 4 is 139 Å². The van der Waals surface area contributed by atoms with Crippen molar-refractivity contribution in [1.82, 2.24) is 8.97 Å². The van der Waals surface area contributed by atoms with Gasteiger partial charge in [-0.2, -0.15) is 0 Å². The molecule has 0 saturated carbocycles. The highest BCUT2D eigenvalue weighted by atomic mass is 15.2. The fourth-order valence-corrected chi connectivity index (χ4v) is 17.7. The fourth-order valence-electron chi connectivity index (χ4n) is 17.7. The van der Waals surface area contributed by atoms with Crippen LogP contribution in [0, 0.1) is 0 Å². The Kier molecular flexibility index (Phi) is 11.7. The van der Waals surface area contributed by atoms with Crippen LogP contribution in [0.25, 0.3) is 143 Å². The topological polar surface area (TPSA) is 15.8 Å². The van der Waals surface area contributed by atoms with Crippen LogP contribution in [0.2, 0.25) is 0 Å². The summed E-state index contributed by atoms with van der Waals surface area (Å²) in [6, 6.07) is 92.0. The van der Waals surface area contributed by atoms with Crippen LogP contribution in [-0.4, -0.2) is 15.7 Å². The summed E-state index contributed by atoms with van der Waals surface area (Å²) in [5.74, 6) is 0. The molecule has 0 atom stereocenters. The summed E-state index contributed by atoms with van der Waals surface area (Å²) in [6.45, 7) is 12.6. The van der Waals surface area contributed by atoms with Crippen LogP contribution < -0.4 is 26.2 Å². The Balaban J connectivity index is 1.07. The lowest BCUT2D eigenvalue weighted by Gasteiger charge is -2.46. The minimum Gasteiger partial charge on any atom is -0.310 e. The molecule has 109 heavy (non-hydrogen) atoms. The van der Waals surface area contributed by atoms with E-state index < -0.39 is 84.0 Å². The maximum Gasteiger partial charge on any atom is 0.252 e. The molecule has 3 aromatic heterocycles. The van der Waals surface area contributed by atoms with E-state index in [0.29, 0.717) is 22.6 Å². The number of hydrogen-bond donors (Lipinski definition) is 0. The van der Waals surface area contributed by atoms with Crippen LogP contribution in [-0.2, 0) is 10.8 Å². The standard InChI is InChI=1S/C104H77BN4/c1-103(2,3)72-60-84(67-35-14-8-15-36-67)100(85(61-72)68-37-16-9-17-38-68)108-93-59-71(66-33-12-7-13-34-66)55-57-88(93)105-89-58-56-74(106-90-52-29-27-48-80(90)81-49-28-30-53-91(81)106)64-94(89)109(101-86(69-39-18-10-19-40-69)62-73(104(4,5)6)63-87(101)70-41-20-11-21-42-70)102-97-83-51-32-50-82-78-46-25-23-44-76(78)75-43-22-24-45-77(75)79-47-26-31-54-92(79)107(99(82)83)95(97)65-96(108)98(102)105/h7-65H,1-6H3/i7D,12D,13D,27D,28D,29D,30D,33D,34D,48D,49D,52D,53D. The lowest BCUT2D eigenvalue weighted by molar-refractivity contribution is 0.590. The summed E-state index contributed by atoms with van der Waals surface area (Å²) in [6.07, 6.45) is 0. The molecule has 0 N–H and O–H groups in total. The van der Waals surface area contributed by atoms with Crippen LogP contribution in [0.4, 0.5) is 34.1 Å². The van der Waals surface area contributed by atoms with Gasteiger partial charge in [0.15, 0.2) is 0 Å². The second-order valence-electron chi connectivity index (χ2n) is 30.9. The van der Waals surface area contributed by atoms with E-state index in [4.69, 9.17) is 1.37 Å². The summed E-state index contributed by atoms with van der Waals surface area (Å²) >= 11 is 0. The van der Waals surface area contributed by atoms with Gasteiger partial charge in [0.05, 0.1) is 62.5 Å². The van der Waals surface area contributed by atoms with Crippen LogP contribution >= 0.6 is 0 Å². The van der Waals surface area contributed by atoms with Crippen molar-refractivity contribution in [3.63, 3.8) is 0 Å². The smallest absolute Gasteiger partial charge is 0.252 e. The first-order valence-electron chi connectivity index (χ1n) is 43.8. The fraction of sp³-hybridized carbons (Fsp3) is 0.0769. The number of aromatic nitrogens is 2. The van der Waals surface area contributed by atoms with E-state index in [-0.39, 0.29) is 39.5 Å². The van der Waals surface area contributed by atoms with E-state index in [0.717, 1.165) is 154 Å². The number of nitrogens with zero attached hydrogens (tertiary/aromatic N) is 4. The molecular formula is C104H77BN4. The van der Waals surface area contributed by atoms with Crippen molar-refractivity contribution in [2.24, 2.45) is 0 Å². The van der Waals surface area contributed by atoms with E-state index in [1.807, 2.05) is 48.5 Å². The summed E-state index contributed by atoms with van der Waals surface area (Å²) in [7, 11) is 0. The van der Waals surface area contributed by atoms with Gasteiger partial charge in [-0.3, -0.25) is 0 Å². The van der Waals surface area contributed by atoms with E-state index >= 15 is 0 Å². The van der Waals surface area contributed by atoms with Crippen molar-refractivity contribution < 1.29 is 17.8 Å². The lowest BCUT2D eigenvalue weighted by Crippen LogP contribution is -2.61. The molecule has 21 rings (SSSR count). The van der Waals surface area contributed by atoms with Crippen LogP contribution in [0.5, 0.6) is 0 Å². The molecule has 5 heterocycles. The average Bonchev–Trinajstić information content (AvgIpc) is 1.29. The normalized spacial score (nSPS) is 14.5. The minimum absolute atomic E-state index is 0.0215. The van der Waals surface area contributed by atoms with Crippen molar-refractivity contribution in [2.75, 3.05) is 9.80 Å². The van der Waals surface area contributed by atoms with E-state index in [2.05, 4.69) is 286 Å². The van der Waals surface area contributed by atoms with Crippen molar-refractivity contribution in [3.05, 3.63) is 369 Å². The Morgan fingerprint density at radius 3 is 1.23 bits per heavy atom. The highest BCUT2D eigenvalue weighted by molar-refractivity contribution is 7.00. The highest BCUT2D eigenvalue weighted by Crippen LogP contribution is 2.58. The number of benzene rings is 16. The molecule has 16 aromatic carbocycles. The maximum absolute atomic E-state index is 10.1. The minimum atomic E-state index is -0.790. The Morgan fingerprint density at radius 1 is 0.284 bits per heavy atom. The quantitative estimate of drug-likeness (QED) is 0.141. The largest absolute Gasteiger partial charge is 0.310 e. The van der Waals surface area contributed by atoms with E-state index in [1.165, 1.54) is 0 Å². The van der Waals surface area contributed by atoms with E-state index in [1.54, 1.807) is 4.57 Å². The molecule has 19 aromatic rings. The molecule has 0 saturated heterocycles. The molecule has 2 aliphatic heterocycles. The van der Waals surface area contributed by atoms with Gasteiger partial charge in [0.1, 0.15) is 0 Å². The monoisotopic (exact) mass is 1410 g/mol. The second-order valence-corrected chi connectivity index (χ2v) is 30.9. The van der Waals surface area contributed by atoms with Crippen LogP contribution in [0.1, 0.15) is 70.5 Å². The van der Waals surface area contributed by atoms with Gasteiger partial charge in [0, 0.05) is 77.3 Å². The summed E-state index contributed by atoms with van der Waals surface area (Å²) in [4.78, 5) is 4.86. The number of rotatable bonds is 8. The molecule has 0 unspecified atom stereocenters. The Morgan fingerprint density at radius 2 is 0.706 bits per heavy atom. The number of anilines is 6. The SMILES string of the molecule is [2H]c1c([2H])c([2H])c(-c2ccc3c(c2)N(c2c(-c4ccccc4)cc(C(C)(C)C)cc2-c2ccccc2)c2cc4c(c5c2B3c2ccc(-n3c6c([2H])c([2H])c([2H])c([2H])c6c6c([2H])c([2H])c([2H])c([2H])c63)cc2N5c2c(-c3ccccc3)cc(C(C)(C)C)cc2-c2ccccc2)c2cccc3c5ccccc5c5ccccc5c5ccccc5n4c32)c([2H])c1[2H]. The molecule has 2 aliphatic rings. The van der Waals surface area contributed by atoms with Gasteiger partial charge in [-0.25, -0.2) is 0 Å². The molecule has 516 valence electrons. The first-order valence-corrected chi connectivity index (χ1v) is 37.3. The second kappa shape index (κ2) is 24.7. The first kappa shape index (κ1) is 51.9. The zero-order valence-corrected chi connectivity index (χ0v) is 60.9. The first-order chi connectivity index (χ1) is 58.8. The van der Waals surface area contributed by atoms with Gasteiger partial charge in [-0.1, -0.05) is 332 Å². The third-order valence-corrected chi connectivity index (χ3v) is 22.7. The predicted octanol–water partition coefficient (Wildman–Crippen LogP) is 26.4. The summed E-state index contributed by atoms with van der Waals surface area (Å²) in [5.41, 5.74) is 18.6. The number of fused-ring (bicyclic) bond motifs is 18. The van der Waals surface area contributed by atoms with Crippen molar-refractivity contribution in [2.45, 2.75) is 52.4 Å². The van der Waals surface area contributed by atoms with Gasteiger partial charge >= 0.3 is 0 Å². The van der Waals surface area contributed by atoms with Crippen LogP contribution in [0.3, 0.4) is 0 Å². The molecule has 0 amide bonds. The Hall–Kier alpha value is -13.2. The molecule has 0 fully saturated rings. The molecule has 4 nitrogen and oxygen atoms in total.